The van der Waals surface area contributed by atoms with Crippen molar-refractivity contribution in [2.24, 2.45) is 5.92 Å². The Morgan fingerprint density at radius 2 is 2.00 bits per heavy atom. The second kappa shape index (κ2) is 3.95. The van der Waals surface area contributed by atoms with Crippen LogP contribution in [0.25, 0.3) is 0 Å². The lowest BCUT2D eigenvalue weighted by atomic mass is 9.87. The fourth-order valence-corrected chi connectivity index (χ4v) is 1.31. The molecular weight excluding hydrogens is 166 g/mol. The average molecular weight is 187 g/mol. The van der Waals surface area contributed by atoms with Gasteiger partial charge < -0.3 is 15.5 Å². The first-order valence-electron chi connectivity index (χ1n) is 5.05. The Kier molecular flexibility index (Phi) is 3.33. The van der Waals surface area contributed by atoms with Crippen LogP contribution in [-0.4, -0.2) is 34.5 Å². The molecule has 1 saturated carbocycles. The molecule has 0 aromatic rings. The van der Waals surface area contributed by atoms with Crippen molar-refractivity contribution in [3.8, 4) is 0 Å². The number of hydrogen-bond acceptors (Lipinski definition) is 3. The van der Waals surface area contributed by atoms with Crippen molar-refractivity contribution in [2.75, 3.05) is 6.54 Å². The fourth-order valence-electron chi connectivity index (χ4n) is 1.31. The van der Waals surface area contributed by atoms with Gasteiger partial charge in [-0.05, 0) is 25.7 Å². The van der Waals surface area contributed by atoms with Gasteiger partial charge in [-0.3, -0.25) is 0 Å². The Bertz CT molecular complexity index is 162. The van der Waals surface area contributed by atoms with E-state index in [1.54, 1.807) is 0 Å². The standard InChI is InChI=1S/C10H21NO2/c1-7(2)10(3,13)6-11-8-4-9(12)5-8/h7-9,11-13H,4-6H2,1-3H3. The lowest BCUT2D eigenvalue weighted by Gasteiger charge is -2.36. The van der Waals surface area contributed by atoms with E-state index in [-0.39, 0.29) is 12.0 Å². The molecule has 78 valence electrons. The van der Waals surface area contributed by atoms with Crippen LogP contribution >= 0.6 is 0 Å². The Balaban J connectivity index is 2.18. The predicted molar refractivity (Wildman–Crippen MR) is 52.5 cm³/mol. The number of aliphatic hydroxyl groups is 2. The van der Waals surface area contributed by atoms with E-state index in [0.717, 1.165) is 12.8 Å². The Morgan fingerprint density at radius 1 is 1.46 bits per heavy atom. The summed E-state index contributed by atoms with van der Waals surface area (Å²) in [5.41, 5.74) is -0.638. The molecule has 0 amide bonds. The molecule has 13 heavy (non-hydrogen) atoms. The number of aliphatic hydroxyl groups excluding tert-OH is 1. The highest BCUT2D eigenvalue weighted by Gasteiger charge is 2.30. The molecule has 0 bridgehead atoms. The first-order chi connectivity index (χ1) is 5.92. The van der Waals surface area contributed by atoms with E-state index in [2.05, 4.69) is 5.32 Å². The highest BCUT2D eigenvalue weighted by atomic mass is 16.3. The molecule has 1 unspecified atom stereocenters. The predicted octanol–water partition coefficient (Wildman–Crippen LogP) is 0.506. The van der Waals surface area contributed by atoms with Crippen molar-refractivity contribution in [2.45, 2.75) is 51.4 Å². The zero-order valence-electron chi connectivity index (χ0n) is 8.75. The lowest BCUT2D eigenvalue weighted by molar-refractivity contribution is -0.00191. The summed E-state index contributed by atoms with van der Waals surface area (Å²) >= 11 is 0. The molecule has 0 radical (unpaired) electrons. The third-order valence-electron chi connectivity index (χ3n) is 3.11. The van der Waals surface area contributed by atoms with Crippen LogP contribution in [0, 0.1) is 5.92 Å². The van der Waals surface area contributed by atoms with E-state index in [1.807, 2.05) is 20.8 Å². The second-order valence-electron chi connectivity index (χ2n) is 4.71. The molecule has 1 aliphatic carbocycles. The minimum Gasteiger partial charge on any atom is -0.393 e. The van der Waals surface area contributed by atoms with Crippen molar-refractivity contribution >= 4 is 0 Å². The van der Waals surface area contributed by atoms with Crippen molar-refractivity contribution in [3.05, 3.63) is 0 Å². The molecular formula is C10H21NO2. The van der Waals surface area contributed by atoms with E-state index >= 15 is 0 Å². The number of nitrogens with one attached hydrogen (secondary N) is 1. The van der Waals surface area contributed by atoms with Crippen molar-refractivity contribution in [1.29, 1.82) is 0 Å². The van der Waals surface area contributed by atoms with E-state index in [9.17, 15) is 5.11 Å². The Morgan fingerprint density at radius 3 is 2.38 bits per heavy atom. The van der Waals surface area contributed by atoms with Crippen LogP contribution in [0.5, 0.6) is 0 Å². The van der Waals surface area contributed by atoms with Crippen molar-refractivity contribution < 1.29 is 10.2 Å². The minimum atomic E-state index is -0.638. The molecule has 1 fully saturated rings. The first-order valence-corrected chi connectivity index (χ1v) is 5.05. The van der Waals surface area contributed by atoms with Gasteiger partial charge in [0.2, 0.25) is 0 Å². The molecule has 3 heteroatoms. The number of hydrogen-bond donors (Lipinski definition) is 3. The highest BCUT2D eigenvalue weighted by molar-refractivity contribution is 4.88. The fraction of sp³-hybridized carbons (Fsp3) is 1.00. The monoisotopic (exact) mass is 187 g/mol. The maximum atomic E-state index is 9.90. The zero-order chi connectivity index (χ0) is 10.1. The van der Waals surface area contributed by atoms with Crippen LogP contribution in [0.2, 0.25) is 0 Å². The third kappa shape index (κ3) is 2.93. The summed E-state index contributed by atoms with van der Waals surface area (Å²) in [6, 6.07) is 0.403. The molecule has 3 nitrogen and oxygen atoms in total. The van der Waals surface area contributed by atoms with E-state index in [0.29, 0.717) is 12.6 Å². The summed E-state index contributed by atoms with van der Waals surface area (Å²) in [7, 11) is 0. The molecule has 0 aliphatic heterocycles. The molecule has 0 spiro atoms. The summed E-state index contributed by atoms with van der Waals surface area (Å²) in [6.45, 7) is 6.48. The van der Waals surface area contributed by atoms with Gasteiger partial charge in [0.15, 0.2) is 0 Å². The molecule has 3 N–H and O–H groups in total. The Labute approximate surface area is 80.2 Å². The molecule has 0 aromatic carbocycles. The number of rotatable bonds is 4. The summed E-state index contributed by atoms with van der Waals surface area (Å²) in [6.07, 6.45) is 1.53. The quantitative estimate of drug-likeness (QED) is 0.601. The van der Waals surface area contributed by atoms with Gasteiger partial charge in [0.25, 0.3) is 0 Å². The second-order valence-corrected chi connectivity index (χ2v) is 4.71. The molecule has 0 saturated heterocycles. The largest absolute Gasteiger partial charge is 0.393 e. The van der Waals surface area contributed by atoms with Crippen LogP contribution < -0.4 is 5.32 Å². The summed E-state index contributed by atoms with van der Waals surface area (Å²) in [5.74, 6) is 0.255. The SMILES string of the molecule is CC(C)C(C)(O)CNC1CC(O)C1. The summed E-state index contributed by atoms with van der Waals surface area (Å²) in [5, 5.41) is 22.2. The van der Waals surface area contributed by atoms with Crippen LogP contribution in [-0.2, 0) is 0 Å². The van der Waals surface area contributed by atoms with Crippen LogP contribution in [0.1, 0.15) is 33.6 Å². The van der Waals surface area contributed by atoms with Crippen LogP contribution in [0.3, 0.4) is 0 Å². The van der Waals surface area contributed by atoms with Gasteiger partial charge >= 0.3 is 0 Å². The average Bonchev–Trinajstić information content (AvgIpc) is 1.95. The van der Waals surface area contributed by atoms with Crippen molar-refractivity contribution in [1.82, 2.24) is 5.32 Å². The van der Waals surface area contributed by atoms with Gasteiger partial charge in [0, 0.05) is 12.6 Å². The summed E-state index contributed by atoms with van der Waals surface area (Å²) < 4.78 is 0. The topological polar surface area (TPSA) is 52.5 Å². The van der Waals surface area contributed by atoms with Crippen molar-refractivity contribution in [3.63, 3.8) is 0 Å². The van der Waals surface area contributed by atoms with E-state index < -0.39 is 5.60 Å². The summed E-state index contributed by atoms with van der Waals surface area (Å²) in [4.78, 5) is 0. The third-order valence-corrected chi connectivity index (χ3v) is 3.11. The van der Waals surface area contributed by atoms with Crippen LogP contribution in [0.15, 0.2) is 0 Å². The maximum Gasteiger partial charge on any atom is 0.0766 e. The molecule has 1 aliphatic rings. The first kappa shape index (κ1) is 11.0. The smallest absolute Gasteiger partial charge is 0.0766 e. The molecule has 1 atom stereocenters. The van der Waals surface area contributed by atoms with Crippen LogP contribution in [0.4, 0.5) is 0 Å². The van der Waals surface area contributed by atoms with Gasteiger partial charge in [0.05, 0.1) is 11.7 Å². The molecule has 0 aromatic heterocycles. The molecule has 1 rings (SSSR count). The van der Waals surface area contributed by atoms with Gasteiger partial charge in [-0.1, -0.05) is 13.8 Å². The minimum absolute atomic E-state index is 0.124. The Hall–Kier alpha value is -0.120. The van der Waals surface area contributed by atoms with E-state index in [4.69, 9.17) is 5.11 Å². The van der Waals surface area contributed by atoms with Gasteiger partial charge in [-0.2, -0.15) is 0 Å². The highest BCUT2D eigenvalue weighted by Crippen LogP contribution is 2.21. The molecule has 0 heterocycles. The maximum absolute atomic E-state index is 9.90. The van der Waals surface area contributed by atoms with Gasteiger partial charge in [0.1, 0.15) is 0 Å². The van der Waals surface area contributed by atoms with Gasteiger partial charge in [-0.25, -0.2) is 0 Å². The van der Waals surface area contributed by atoms with Gasteiger partial charge in [-0.15, -0.1) is 0 Å². The normalized spacial score (nSPS) is 32.8. The lowest BCUT2D eigenvalue weighted by Crippen LogP contribution is -2.51. The zero-order valence-corrected chi connectivity index (χ0v) is 8.75. The van der Waals surface area contributed by atoms with E-state index in [1.165, 1.54) is 0 Å².